The molecule has 0 aliphatic carbocycles. The predicted molar refractivity (Wildman–Crippen MR) is 122 cm³/mol. The Balaban J connectivity index is 1.46. The van der Waals surface area contributed by atoms with E-state index in [2.05, 4.69) is 0 Å². The molecule has 172 valence electrons. The summed E-state index contributed by atoms with van der Waals surface area (Å²) in [5.41, 5.74) is 0.466. The third-order valence-corrected chi connectivity index (χ3v) is 6.02. The first-order chi connectivity index (χ1) is 15.9. The average molecular weight is 452 g/mol. The third-order valence-electron chi connectivity index (χ3n) is 6.02. The van der Waals surface area contributed by atoms with Crippen LogP contribution < -0.4 is 19.9 Å². The van der Waals surface area contributed by atoms with Crippen molar-refractivity contribution < 1.29 is 18.7 Å². The molecule has 1 fully saturated rings. The van der Waals surface area contributed by atoms with Gasteiger partial charge in [0.2, 0.25) is 5.95 Å². The molecule has 0 N–H and O–H groups in total. The van der Waals surface area contributed by atoms with Gasteiger partial charge in [-0.25, -0.2) is 9.37 Å². The van der Waals surface area contributed by atoms with Crippen LogP contribution in [0.2, 0.25) is 0 Å². The Morgan fingerprint density at radius 1 is 1.03 bits per heavy atom. The second-order valence-electron chi connectivity index (χ2n) is 8.45. The number of piperazine rings is 1. The fraction of sp³-hybridized carbons (Fsp3) is 0.375. The number of anilines is 1. The minimum Gasteiger partial charge on any atom is -0.486 e. The zero-order chi connectivity index (χ0) is 23.1. The Morgan fingerprint density at radius 3 is 2.36 bits per heavy atom. The summed E-state index contributed by atoms with van der Waals surface area (Å²) < 4.78 is 27.0. The molecule has 1 saturated heterocycles. The molecule has 1 aromatic heterocycles. The number of carbonyl (C=O) groups excluding carboxylic acids is 1. The van der Waals surface area contributed by atoms with Gasteiger partial charge in [0.25, 0.3) is 11.5 Å². The van der Waals surface area contributed by atoms with Gasteiger partial charge < -0.3 is 19.3 Å². The second kappa shape index (κ2) is 8.38. The van der Waals surface area contributed by atoms with Crippen molar-refractivity contribution in [3.05, 3.63) is 58.1 Å². The summed E-state index contributed by atoms with van der Waals surface area (Å²) in [6.07, 6.45) is 0. The van der Waals surface area contributed by atoms with Crippen LogP contribution in [0, 0.1) is 5.82 Å². The molecule has 0 bridgehead atoms. The number of rotatable bonds is 3. The fourth-order valence-corrected chi connectivity index (χ4v) is 4.33. The maximum Gasteiger partial charge on any atom is 0.263 e. The number of fused-ring (bicyclic) bond motifs is 2. The molecule has 3 heterocycles. The van der Waals surface area contributed by atoms with Crippen molar-refractivity contribution in [3.8, 4) is 11.5 Å². The van der Waals surface area contributed by atoms with Gasteiger partial charge in [-0.05, 0) is 32.0 Å². The van der Waals surface area contributed by atoms with Gasteiger partial charge in [0, 0.05) is 38.3 Å². The molecule has 8 nitrogen and oxygen atoms in total. The highest BCUT2D eigenvalue weighted by Crippen LogP contribution is 2.34. The molecular formula is C24H25FN4O4. The Kier molecular flexibility index (Phi) is 5.39. The smallest absolute Gasteiger partial charge is 0.263 e. The molecule has 0 spiro atoms. The number of hydrogen-bond acceptors (Lipinski definition) is 6. The van der Waals surface area contributed by atoms with Crippen LogP contribution in [0.1, 0.15) is 30.2 Å². The number of halogens is 1. The molecule has 2 aliphatic rings. The van der Waals surface area contributed by atoms with Crippen molar-refractivity contribution in [3.63, 3.8) is 0 Å². The van der Waals surface area contributed by atoms with Crippen molar-refractivity contribution in [2.45, 2.75) is 19.9 Å². The number of aromatic nitrogens is 2. The molecule has 3 aromatic rings. The zero-order valence-electron chi connectivity index (χ0n) is 18.6. The number of amides is 1. The lowest BCUT2D eigenvalue weighted by molar-refractivity contribution is 0.0741. The van der Waals surface area contributed by atoms with Crippen LogP contribution >= 0.6 is 0 Å². The number of ether oxygens (including phenoxy) is 2. The van der Waals surface area contributed by atoms with E-state index in [1.165, 1.54) is 12.1 Å². The summed E-state index contributed by atoms with van der Waals surface area (Å²) in [6.45, 7) is 6.54. The summed E-state index contributed by atoms with van der Waals surface area (Å²) in [5, 5.41) is 0.477. The monoisotopic (exact) mass is 452 g/mol. The van der Waals surface area contributed by atoms with Crippen LogP contribution in [0.3, 0.4) is 0 Å². The van der Waals surface area contributed by atoms with Crippen LogP contribution in [-0.2, 0) is 0 Å². The van der Waals surface area contributed by atoms with Crippen molar-refractivity contribution in [1.82, 2.24) is 14.5 Å². The van der Waals surface area contributed by atoms with Gasteiger partial charge in [-0.1, -0.05) is 12.1 Å². The van der Waals surface area contributed by atoms with Gasteiger partial charge in [-0.2, -0.15) is 0 Å². The topological polar surface area (TPSA) is 76.9 Å². The van der Waals surface area contributed by atoms with E-state index in [1.807, 2.05) is 18.7 Å². The van der Waals surface area contributed by atoms with E-state index < -0.39 is 5.82 Å². The Morgan fingerprint density at radius 2 is 1.70 bits per heavy atom. The highest BCUT2D eigenvalue weighted by Gasteiger charge is 2.27. The molecule has 2 aromatic carbocycles. The first-order valence-electron chi connectivity index (χ1n) is 11.1. The summed E-state index contributed by atoms with van der Waals surface area (Å²) in [6, 6.07) is 9.34. The normalized spacial score (nSPS) is 15.9. The van der Waals surface area contributed by atoms with Gasteiger partial charge in [0.05, 0.1) is 16.5 Å². The van der Waals surface area contributed by atoms with Crippen LogP contribution in [-0.4, -0.2) is 59.8 Å². The van der Waals surface area contributed by atoms with Gasteiger partial charge in [0.1, 0.15) is 19.0 Å². The van der Waals surface area contributed by atoms with Gasteiger partial charge in [-0.15, -0.1) is 0 Å². The van der Waals surface area contributed by atoms with Crippen LogP contribution in [0.25, 0.3) is 10.9 Å². The highest BCUT2D eigenvalue weighted by molar-refractivity contribution is 5.94. The van der Waals surface area contributed by atoms with Crippen molar-refractivity contribution >= 4 is 22.8 Å². The fourth-order valence-electron chi connectivity index (χ4n) is 4.33. The lowest BCUT2D eigenvalue weighted by Crippen LogP contribution is -2.50. The second-order valence-corrected chi connectivity index (χ2v) is 8.45. The largest absolute Gasteiger partial charge is 0.486 e. The molecule has 0 radical (unpaired) electrons. The number of nitrogens with zero attached hydrogens (tertiary/aromatic N) is 4. The molecule has 2 aliphatic heterocycles. The van der Waals surface area contributed by atoms with E-state index in [0.29, 0.717) is 67.7 Å². The molecule has 0 atom stereocenters. The van der Waals surface area contributed by atoms with E-state index in [9.17, 15) is 14.0 Å². The van der Waals surface area contributed by atoms with Crippen LogP contribution in [0.5, 0.6) is 11.5 Å². The molecule has 33 heavy (non-hydrogen) atoms. The van der Waals surface area contributed by atoms with Crippen LogP contribution in [0.4, 0.5) is 10.3 Å². The number of carbonyl (C=O) groups is 1. The predicted octanol–water partition coefficient (Wildman–Crippen LogP) is 2.85. The maximum atomic E-state index is 14.1. The average Bonchev–Trinajstić information content (AvgIpc) is 2.82. The number of benzene rings is 2. The maximum absolute atomic E-state index is 14.1. The molecule has 0 saturated carbocycles. The van der Waals surface area contributed by atoms with E-state index in [4.69, 9.17) is 14.5 Å². The van der Waals surface area contributed by atoms with E-state index in [0.717, 1.165) is 0 Å². The Labute approximate surface area is 190 Å². The quantitative estimate of drug-likeness (QED) is 0.608. The molecule has 0 unspecified atom stereocenters. The lowest BCUT2D eigenvalue weighted by Gasteiger charge is -2.36. The zero-order valence-corrected chi connectivity index (χ0v) is 18.6. The van der Waals surface area contributed by atoms with E-state index in [-0.39, 0.29) is 23.1 Å². The lowest BCUT2D eigenvalue weighted by atomic mass is 10.1. The van der Waals surface area contributed by atoms with Gasteiger partial charge in [-0.3, -0.25) is 14.2 Å². The first kappa shape index (κ1) is 21.2. The van der Waals surface area contributed by atoms with Crippen molar-refractivity contribution in [1.29, 1.82) is 0 Å². The highest BCUT2D eigenvalue weighted by atomic mass is 19.1. The van der Waals surface area contributed by atoms with Crippen molar-refractivity contribution in [2.75, 3.05) is 44.3 Å². The Bertz CT molecular complexity index is 1280. The number of hydrogen-bond donors (Lipinski definition) is 0. The van der Waals surface area contributed by atoms with E-state index >= 15 is 0 Å². The molecule has 9 heteroatoms. The van der Waals surface area contributed by atoms with Gasteiger partial charge in [0.15, 0.2) is 11.5 Å². The minimum atomic E-state index is -0.524. The SMILES string of the molecule is CC(C)n1c(N2CCN(C(=O)c3ccccc3F)CC2)nc2cc3c(cc2c1=O)OCCO3. The van der Waals surface area contributed by atoms with Gasteiger partial charge >= 0.3 is 0 Å². The molecule has 1 amide bonds. The van der Waals surface area contributed by atoms with E-state index in [1.54, 1.807) is 33.7 Å². The molecular weight excluding hydrogens is 427 g/mol. The van der Waals surface area contributed by atoms with Crippen LogP contribution in [0.15, 0.2) is 41.2 Å². The molecule has 5 rings (SSSR count). The summed E-state index contributed by atoms with van der Waals surface area (Å²) in [4.78, 5) is 34.6. The standard InChI is InChI=1S/C24H25FN4O4/c1-15(2)29-23(31)17-13-20-21(33-12-11-32-20)14-19(17)26-24(29)28-9-7-27(8-10-28)22(30)16-5-3-4-6-18(16)25/h3-6,13-15H,7-12H2,1-2H3. The minimum absolute atomic E-state index is 0.0702. The summed E-state index contributed by atoms with van der Waals surface area (Å²) in [7, 11) is 0. The third kappa shape index (κ3) is 3.77. The van der Waals surface area contributed by atoms with Crippen molar-refractivity contribution in [2.24, 2.45) is 0 Å². The summed E-state index contributed by atoms with van der Waals surface area (Å²) in [5.74, 6) is 0.830. The summed E-state index contributed by atoms with van der Waals surface area (Å²) >= 11 is 0. The first-order valence-corrected chi connectivity index (χ1v) is 11.1. The Hall–Kier alpha value is -3.62.